The van der Waals surface area contributed by atoms with Crippen LogP contribution in [0.15, 0.2) is 42.6 Å². The van der Waals surface area contributed by atoms with Gasteiger partial charge in [0, 0.05) is 29.9 Å². The normalized spacial score (nSPS) is 15.1. The van der Waals surface area contributed by atoms with Crippen molar-refractivity contribution in [3.05, 3.63) is 65.2 Å². The van der Waals surface area contributed by atoms with Crippen molar-refractivity contribution >= 4 is 17.6 Å². The number of pyridine rings is 1. The van der Waals surface area contributed by atoms with Crippen LogP contribution in [0.5, 0.6) is 0 Å². The Hall–Kier alpha value is -4.32. The summed E-state index contributed by atoms with van der Waals surface area (Å²) in [5.41, 5.74) is 8.20. The molecular formula is C24H25N7O2. The number of carbonyl (C=O) groups excluding carboxylic acids is 2. The van der Waals surface area contributed by atoms with Crippen LogP contribution in [0.3, 0.4) is 0 Å². The van der Waals surface area contributed by atoms with Crippen molar-refractivity contribution < 1.29 is 9.59 Å². The average Bonchev–Trinajstić information content (AvgIpc) is 3.39. The molecule has 33 heavy (non-hydrogen) atoms. The van der Waals surface area contributed by atoms with Crippen molar-refractivity contribution in [2.24, 2.45) is 5.73 Å². The van der Waals surface area contributed by atoms with E-state index in [1.807, 2.05) is 17.9 Å². The number of benzene rings is 1. The number of aryl methyl sites for hydroxylation is 1. The molecule has 1 aromatic carbocycles. The largest absolute Gasteiger partial charge is 0.364 e. The molecule has 1 saturated heterocycles. The standard InChI is InChI=1S/C24H25N7O2/c1-3-12-30-13-4-5-18(30)23-29-20(21(22(25)32)31(23)26)16-7-9-17(10-8-16)24(33)28-19-11-6-15(2)14-27-19/h6-11,14,18H,4-5,13,26H2,1-2H3,(H2,25,32)(H,27,28,33). The van der Waals surface area contributed by atoms with Gasteiger partial charge in [0.2, 0.25) is 0 Å². The molecule has 1 fully saturated rings. The monoisotopic (exact) mass is 443 g/mol. The van der Waals surface area contributed by atoms with Crippen molar-refractivity contribution in [1.82, 2.24) is 19.5 Å². The highest BCUT2D eigenvalue weighted by Crippen LogP contribution is 2.33. The minimum absolute atomic E-state index is 0.113. The summed E-state index contributed by atoms with van der Waals surface area (Å²) in [6.45, 7) is 4.50. The van der Waals surface area contributed by atoms with E-state index in [0.717, 1.165) is 24.9 Å². The molecule has 0 aliphatic carbocycles. The third-order valence-electron chi connectivity index (χ3n) is 5.55. The molecule has 5 N–H and O–H groups in total. The fourth-order valence-electron chi connectivity index (χ4n) is 3.94. The molecule has 4 rings (SSSR count). The second-order valence-electron chi connectivity index (χ2n) is 7.87. The number of imidazole rings is 1. The van der Waals surface area contributed by atoms with Crippen LogP contribution in [-0.4, -0.2) is 37.9 Å². The molecule has 0 radical (unpaired) electrons. The summed E-state index contributed by atoms with van der Waals surface area (Å²) in [7, 11) is 0. The minimum atomic E-state index is -0.676. The number of nitrogens with one attached hydrogen (secondary N) is 1. The van der Waals surface area contributed by atoms with Gasteiger partial charge in [0.25, 0.3) is 11.8 Å². The maximum Gasteiger partial charge on any atom is 0.269 e. The van der Waals surface area contributed by atoms with Crippen LogP contribution in [-0.2, 0) is 0 Å². The first-order chi connectivity index (χ1) is 15.9. The predicted molar refractivity (Wildman–Crippen MR) is 125 cm³/mol. The van der Waals surface area contributed by atoms with Gasteiger partial charge in [-0.2, -0.15) is 0 Å². The topological polar surface area (TPSA) is 132 Å². The second kappa shape index (κ2) is 9.04. The number of aromatic nitrogens is 3. The molecule has 3 aromatic rings. The number of nitrogen functional groups attached to an aromatic ring is 1. The van der Waals surface area contributed by atoms with Crippen LogP contribution in [0, 0.1) is 18.9 Å². The van der Waals surface area contributed by atoms with E-state index >= 15 is 0 Å². The first-order valence-corrected chi connectivity index (χ1v) is 10.6. The Morgan fingerprint density at radius 1 is 1.18 bits per heavy atom. The van der Waals surface area contributed by atoms with E-state index in [1.54, 1.807) is 43.5 Å². The zero-order valence-corrected chi connectivity index (χ0v) is 18.5. The highest BCUT2D eigenvalue weighted by atomic mass is 16.2. The van der Waals surface area contributed by atoms with Crippen LogP contribution >= 0.6 is 0 Å². The van der Waals surface area contributed by atoms with E-state index in [2.05, 4.69) is 27.2 Å². The lowest BCUT2D eigenvalue weighted by molar-refractivity contribution is 0.0991. The lowest BCUT2D eigenvalue weighted by atomic mass is 10.1. The first-order valence-electron chi connectivity index (χ1n) is 10.6. The minimum Gasteiger partial charge on any atom is -0.364 e. The summed E-state index contributed by atoms with van der Waals surface area (Å²) < 4.78 is 1.27. The SMILES string of the molecule is CC#CN1CCCC1c1nc(-c2ccc(C(=O)Nc3ccc(C)cn3)cc2)c(C(N)=O)n1N. The van der Waals surface area contributed by atoms with E-state index in [-0.39, 0.29) is 17.6 Å². The van der Waals surface area contributed by atoms with Crippen LogP contribution in [0.1, 0.15) is 58.0 Å². The van der Waals surface area contributed by atoms with Crippen LogP contribution in [0.2, 0.25) is 0 Å². The van der Waals surface area contributed by atoms with Crippen molar-refractivity contribution in [3.8, 4) is 23.2 Å². The zero-order valence-electron chi connectivity index (χ0n) is 18.5. The molecule has 3 heterocycles. The number of nitrogens with zero attached hydrogens (tertiary/aromatic N) is 4. The van der Waals surface area contributed by atoms with E-state index in [1.165, 1.54) is 4.68 Å². The number of primary amides is 1. The fourth-order valence-corrected chi connectivity index (χ4v) is 3.94. The first kappa shape index (κ1) is 21.9. The molecule has 0 saturated carbocycles. The van der Waals surface area contributed by atoms with Gasteiger partial charge in [-0.3, -0.25) is 9.59 Å². The summed E-state index contributed by atoms with van der Waals surface area (Å²) in [5.74, 6) is 9.20. The smallest absolute Gasteiger partial charge is 0.269 e. The van der Waals surface area contributed by atoms with Gasteiger partial charge in [-0.25, -0.2) is 14.6 Å². The summed E-state index contributed by atoms with van der Waals surface area (Å²) >= 11 is 0. The summed E-state index contributed by atoms with van der Waals surface area (Å²) in [6.07, 6.45) is 3.46. The fraction of sp³-hybridized carbons (Fsp3) is 0.250. The van der Waals surface area contributed by atoms with Gasteiger partial charge in [-0.1, -0.05) is 24.1 Å². The van der Waals surface area contributed by atoms with Gasteiger partial charge in [-0.15, -0.1) is 0 Å². The molecule has 0 bridgehead atoms. The lowest BCUT2D eigenvalue weighted by Crippen LogP contribution is -2.27. The van der Waals surface area contributed by atoms with Gasteiger partial charge in [0.05, 0.1) is 6.04 Å². The maximum absolute atomic E-state index is 12.6. The molecule has 9 heteroatoms. The molecule has 1 atom stereocenters. The Labute approximate surface area is 191 Å². The maximum atomic E-state index is 12.6. The van der Waals surface area contributed by atoms with E-state index in [0.29, 0.717) is 28.5 Å². The molecule has 2 amide bonds. The number of anilines is 1. The molecule has 9 nitrogen and oxygen atoms in total. The quantitative estimate of drug-likeness (QED) is 0.410. The zero-order chi connectivity index (χ0) is 23.5. The Bertz CT molecular complexity index is 1250. The summed E-state index contributed by atoms with van der Waals surface area (Å²) in [4.78, 5) is 35.6. The van der Waals surface area contributed by atoms with Crippen molar-refractivity contribution in [3.63, 3.8) is 0 Å². The highest BCUT2D eigenvalue weighted by Gasteiger charge is 2.32. The second-order valence-corrected chi connectivity index (χ2v) is 7.87. The summed E-state index contributed by atoms with van der Waals surface area (Å²) in [5, 5.41) is 2.76. The predicted octanol–water partition coefficient (Wildman–Crippen LogP) is 2.44. The van der Waals surface area contributed by atoms with E-state index in [4.69, 9.17) is 11.6 Å². The number of nitrogens with two attached hydrogens (primary N) is 2. The van der Waals surface area contributed by atoms with E-state index in [9.17, 15) is 9.59 Å². The Kier molecular flexibility index (Phi) is 6.00. The number of hydrogen-bond donors (Lipinski definition) is 3. The van der Waals surface area contributed by atoms with Gasteiger partial charge >= 0.3 is 0 Å². The molecule has 1 aliphatic heterocycles. The van der Waals surface area contributed by atoms with Gasteiger partial charge < -0.3 is 21.8 Å². The van der Waals surface area contributed by atoms with E-state index < -0.39 is 5.91 Å². The number of rotatable bonds is 5. The van der Waals surface area contributed by atoms with Crippen LogP contribution < -0.4 is 16.9 Å². The van der Waals surface area contributed by atoms with Gasteiger partial charge in [0.15, 0.2) is 11.5 Å². The van der Waals surface area contributed by atoms with Crippen molar-refractivity contribution in [1.29, 1.82) is 0 Å². The average molecular weight is 444 g/mol. The van der Waals surface area contributed by atoms with Crippen LogP contribution in [0.4, 0.5) is 5.82 Å². The molecule has 1 unspecified atom stereocenters. The molecule has 168 valence electrons. The van der Waals surface area contributed by atoms with Gasteiger partial charge in [0.1, 0.15) is 11.5 Å². The Morgan fingerprint density at radius 3 is 2.58 bits per heavy atom. The number of amides is 2. The molecule has 1 aliphatic rings. The number of hydrogen-bond acceptors (Lipinski definition) is 6. The Balaban J connectivity index is 1.63. The number of likely N-dealkylation sites (tertiary alicyclic amines) is 1. The van der Waals surface area contributed by atoms with Crippen molar-refractivity contribution in [2.75, 3.05) is 17.7 Å². The molecule has 2 aromatic heterocycles. The Morgan fingerprint density at radius 2 is 1.94 bits per heavy atom. The van der Waals surface area contributed by atoms with Gasteiger partial charge in [-0.05, 0) is 50.5 Å². The van der Waals surface area contributed by atoms with Crippen LogP contribution in [0.25, 0.3) is 11.3 Å². The molecule has 0 spiro atoms. The summed E-state index contributed by atoms with van der Waals surface area (Å²) in [6, 6.07) is 13.3. The number of carbonyl (C=O) groups is 2. The third-order valence-corrected chi connectivity index (χ3v) is 5.55. The lowest BCUT2D eigenvalue weighted by Gasteiger charge is -2.19. The highest BCUT2D eigenvalue weighted by molar-refractivity contribution is 6.04. The molecular weight excluding hydrogens is 418 g/mol. The van der Waals surface area contributed by atoms with Crippen molar-refractivity contribution in [2.45, 2.75) is 32.7 Å². The third kappa shape index (κ3) is 4.36.